The van der Waals surface area contributed by atoms with Gasteiger partial charge < -0.3 is 25.0 Å². The van der Waals surface area contributed by atoms with Gasteiger partial charge in [0.1, 0.15) is 11.9 Å². The number of hydrogen-bond donors (Lipinski definition) is 2. The number of carbonyl (C=O) groups is 2. The molecule has 8 heteroatoms. The third-order valence-corrected chi connectivity index (χ3v) is 5.71. The topological polar surface area (TPSA) is 95.0 Å². The fourth-order valence-corrected chi connectivity index (χ4v) is 3.97. The number of likely N-dealkylation sites (tertiary alicyclic amines) is 1. The third-order valence-electron chi connectivity index (χ3n) is 5.71. The minimum Gasteiger partial charge on any atom is -0.490 e. The summed E-state index contributed by atoms with van der Waals surface area (Å²) in [4.78, 5) is 31.4. The molecule has 2 amide bonds. The fraction of sp³-hybridized carbons (Fsp3) is 0.409. The lowest BCUT2D eigenvalue weighted by atomic mass is 10.1. The lowest BCUT2D eigenvalue weighted by Crippen LogP contribution is -2.41. The molecule has 1 atom stereocenters. The highest BCUT2D eigenvalue weighted by molar-refractivity contribution is 5.93. The predicted octanol–water partition coefficient (Wildman–Crippen LogP) is 3.07. The van der Waals surface area contributed by atoms with Crippen molar-refractivity contribution in [3.8, 4) is 5.75 Å². The molecule has 2 aliphatic rings. The second kappa shape index (κ2) is 9.02. The molecular formula is C22H26N4O4. The van der Waals surface area contributed by atoms with Crippen LogP contribution in [0, 0.1) is 5.92 Å². The van der Waals surface area contributed by atoms with E-state index in [1.54, 1.807) is 6.20 Å². The smallest absolute Gasteiger partial charge is 0.407 e. The molecule has 0 spiro atoms. The van der Waals surface area contributed by atoms with E-state index in [1.165, 1.54) is 4.90 Å². The number of benzene rings is 1. The number of anilines is 2. The first-order valence-electron chi connectivity index (χ1n) is 10.3. The SMILES string of the molecule is O=C(Nc1ccc(OC2CCN(C(=O)O)CC2)cc1)[C@H]1CCN(c2cccnc2)C1. The Kier molecular flexibility index (Phi) is 6.02. The normalized spacial score (nSPS) is 19.5. The quantitative estimate of drug-likeness (QED) is 0.787. The Labute approximate surface area is 175 Å². The summed E-state index contributed by atoms with van der Waals surface area (Å²) in [5, 5.41) is 12.0. The van der Waals surface area contributed by atoms with Gasteiger partial charge >= 0.3 is 6.09 Å². The average molecular weight is 410 g/mol. The van der Waals surface area contributed by atoms with Crippen molar-refractivity contribution in [3.63, 3.8) is 0 Å². The van der Waals surface area contributed by atoms with Gasteiger partial charge in [-0.3, -0.25) is 9.78 Å². The molecule has 1 aromatic heterocycles. The van der Waals surface area contributed by atoms with Gasteiger partial charge in [-0.25, -0.2) is 4.79 Å². The molecule has 2 aromatic rings. The molecule has 0 unspecified atom stereocenters. The second-order valence-electron chi connectivity index (χ2n) is 7.74. The maximum absolute atomic E-state index is 12.6. The van der Waals surface area contributed by atoms with E-state index in [1.807, 2.05) is 42.6 Å². The maximum atomic E-state index is 12.6. The van der Waals surface area contributed by atoms with E-state index in [2.05, 4.69) is 15.2 Å². The standard InChI is InChI=1S/C22H26N4O4/c27-21(16-7-11-26(15-16)18-2-1-10-23-14-18)24-17-3-5-19(6-4-17)30-20-8-12-25(13-9-20)22(28)29/h1-6,10,14,16,20H,7-9,11-13,15H2,(H,24,27)(H,28,29)/t16-/m0/s1. The third kappa shape index (κ3) is 4.82. The van der Waals surface area contributed by atoms with Gasteiger partial charge in [0.05, 0.1) is 17.8 Å². The second-order valence-corrected chi connectivity index (χ2v) is 7.74. The van der Waals surface area contributed by atoms with Gasteiger partial charge in [-0.15, -0.1) is 0 Å². The van der Waals surface area contributed by atoms with Crippen molar-refractivity contribution in [1.29, 1.82) is 0 Å². The van der Waals surface area contributed by atoms with Crippen LogP contribution in [-0.2, 0) is 4.79 Å². The number of hydrogen-bond acceptors (Lipinski definition) is 5. The molecule has 2 fully saturated rings. The zero-order valence-corrected chi connectivity index (χ0v) is 16.7. The summed E-state index contributed by atoms with van der Waals surface area (Å²) in [6.45, 7) is 2.52. The van der Waals surface area contributed by atoms with Crippen LogP contribution in [0.15, 0.2) is 48.8 Å². The van der Waals surface area contributed by atoms with Crippen LogP contribution in [0.25, 0.3) is 0 Å². The molecule has 0 aliphatic carbocycles. The van der Waals surface area contributed by atoms with Gasteiger partial charge in [0.25, 0.3) is 0 Å². The molecule has 3 heterocycles. The van der Waals surface area contributed by atoms with Gasteiger partial charge in [-0.05, 0) is 42.8 Å². The highest BCUT2D eigenvalue weighted by Gasteiger charge is 2.28. The predicted molar refractivity (Wildman–Crippen MR) is 113 cm³/mol. The molecule has 0 radical (unpaired) electrons. The van der Waals surface area contributed by atoms with Crippen LogP contribution in [0.1, 0.15) is 19.3 Å². The summed E-state index contributed by atoms with van der Waals surface area (Å²) in [5.41, 5.74) is 1.79. The fourth-order valence-electron chi connectivity index (χ4n) is 3.97. The van der Waals surface area contributed by atoms with E-state index in [-0.39, 0.29) is 17.9 Å². The van der Waals surface area contributed by atoms with Crippen molar-refractivity contribution >= 4 is 23.4 Å². The van der Waals surface area contributed by atoms with E-state index >= 15 is 0 Å². The van der Waals surface area contributed by atoms with Gasteiger partial charge in [0.15, 0.2) is 0 Å². The molecule has 2 N–H and O–H groups in total. The van der Waals surface area contributed by atoms with Crippen LogP contribution in [-0.4, -0.2) is 59.3 Å². The Balaban J connectivity index is 1.26. The number of rotatable bonds is 5. The molecule has 2 aliphatic heterocycles. The Morgan fingerprint density at radius 3 is 2.50 bits per heavy atom. The first-order valence-corrected chi connectivity index (χ1v) is 10.3. The number of amides is 2. The Morgan fingerprint density at radius 2 is 1.83 bits per heavy atom. The molecule has 158 valence electrons. The first kappa shape index (κ1) is 20.0. The van der Waals surface area contributed by atoms with Crippen molar-refractivity contribution in [1.82, 2.24) is 9.88 Å². The molecule has 8 nitrogen and oxygen atoms in total. The molecule has 2 saturated heterocycles. The summed E-state index contributed by atoms with van der Waals surface area (Å²) in [7, 11) is 0. The van der Waals surface area contributed by atoms with Crippen LogP contribution in [0.2, 0.25) is 0 Å². The number of pyridine rings is 1. The van der Waals surface area contributed by atoms with E-state index in [0.717, 1.165) is 30.1 Å². The number of piperidine rings is 1. The summed E-state index contributed by atoms with van der Waals surface area (Å²) in [6, 6.07) is 11.3. The van der Waals surface area contributed by atoms with Crippen LogP contribution in [0.5, 0.6) is 5.75 Å². The van der Waals surface area contributed by atoms with Crippen molar-refractivity contribution in [2.45, 2.75) is 25.4 Å². The number of carbonyl (C=O) groups excluding carboxylic acids is 1. The molecule has 0 saturated carbocycles. The van der Waals surface area contributed by atoms with E-state index in [4.69, 9.17) is 9.84 Å². The summed E-state index contributed by atoms with van der Waals surface area (Å²) < 4.78 is 5.96. The highest BCUT2D eigenvalue weighted by atomic mass is 16.5. The molecule has 4 rings (SSSR count). The van der Waals surface area contributed by atoms with Crippen molar-refractivity contribution in [2.24, 2.45) is 5.92 Å². The molecule has 0 bridgehead atoms. The van der Waals surface area contributed by atoms with Gasteiger partial charge in [0.2, 0.25) is 5.91 Å². The monoisotopic (exact) mass is 410 g/mol. The summed E-state index contributed by atoms with van der Waals surface area (Å²) in [5.74, 6) is 0.696. The summed E-state index contributed by atoms with van der Waals surface area (Å²) >= 11 is 0. The van der Waals surface area contributed by atoms with Crippen molar-refractivity contribution in [3.05, 3.63) is 48.8 Å². The minimum absolute atomic E-state index is 0.0120. The zero-order valence-electron chi connectivity index (χ0n) is 16.7. The van der Waals surface area contributed by atoms with Gasteiger partial charge in [-0.1, -0.05) is 0 Å². The molecule has 30 heavy (non-hydrogen) atoms. The molecule has 1 aromatic carbocycles. The number of nitrogens with zero attached hydrogens (tertiary/aromatic N) is 3. The minimum atomic E-state index is -0.876. The summed E-state index contributed by atoms with van der Waals surface area (Å²) in [6.07, 6.45) is 4.88. The zero-order chi connectivity index (χ0) is 20.9. The number of aromatic nitrogens is 1. The van der Waals surface area contributed by atoms with Crippen LogP contribution >= 0.6 is 0 Å². The lowest BCUT2D eigenvalue weighted by molar-refractivity contribution is -0.119. The van der Waals surface area contributed by atoms with E-state index in [9.17, 15) is 9.59 Å². The average Bonchev–Trinajstić information content (AvgIpc) is 3.27. The number of carboxylic acid groups (broad SMARTS) is 1. The maximum Gasteiger partial charge on any atom is 0.407 e. The van der Waals surface area contributed by atoms with E-state index in [0.29, 0.717) is 32.5 Å². The van der Waals surface area contributed by atoms with Crippen molar-refractivity contribution in [2.75, 3.05) is 36.4 Å². The van der Waals surface area contributed by atoms with Gasteiger partial charge in [0, 0.05) is 50.9 Å². The van der Waals surface area contributed by atoms with Crippen LogP contribution in [0.3, 0.4) is 0 Å². The Bertz CT molecular complexity index is 866. The largest absolute Gasteiger partial charge is 0.490 e. The highest BCUT2D eigenvalue weighted by Crippen LogP contribution is 2.25. The molecular weight excluding hydrogens is 384 g/mol. The van der Waals surface area contributed by atoms with Gasteiger partial charge in [-0.2, -0.15) is 0 Å². The van der Waals surface area contributed by atoms with Crippen molar-refractivity contribution < 1.29 is 19.4 Å². The van der Waals surface area contributed by atoms with Crippen LogP contribution in [0.4, 0.5) is 16.2 Å². The number of ether oxygens (including phenoxy) is 1. The van der Waals surface area contributed by atoms with E-state index < -0.39 is 6.09 Å². The Hall–Kier alpha value is -3.29. The first-order chi connectivity index (χ1) is 14.6. The number of nitrogens with one attached hydrogen (secondary N) is 1. The lowest BCUT2D eigenvalue weighted by Gasteiger charge is -2.30. The Morgan fingerprint density at radius 1 is 1.07 bits per heavy atom. The van der Waals surface area contributed by atoms with Crippen LogP contribution < -0.4 is 15.0 Å².